The summed E-state index contributed by atoms with van der Waals surface area (Å²) >= 11 is 1.46. The first kappa shape index (κ1) is 15.9. The molecule has 0 aromatic carbocycles. The molecule has 0 atom stereocenters. The zero-order valence-electron chi connectivity index (χ0n) is 13.7. The van der Waals surface area contributed by atoms with E-state index in [1.807, 2.05) is 6.92 Å². The van der Waals surface area contributed by atoms with Gasteiger partial charge in [0.05, 0.1) is 30.7 Å². The van der Waals surface area contributed by atoms with Crippen LogP contribution in [-0.4, -0.2) is 32.6 Å². The summed E-state index contributed by atoms with van der Waals surface area (Å²) in [4.78, 5) is 26.1. The van der Waals surface area contributed by atoms with Crippen LogP contribution in [0.4, 0.5) is 5.00 Å². The number of anilines is 1. The summed E-state index contributed by atoms with van der Waals surface area (Å²) in [5.41, 5.74) is 2.87. The maximum Gasteiger partial charge on any atom is 0.276 e. The normalized spacial score (nSPS) is 13.5. The lowest BCUT2D eigenvalue weighted by Crippen LogP contribution is -2.14. The predicted molar refractivity (Wildman–Crippen MR) is 90.4 cm³/mol. The summed E-state index contributed by atoms with van der Waals surface area (Å²) in [5, 5.41) is 7.43. The van der Waals surface area contributed by atoms with Crippen LogP contribution in [0.15, 0.2) is 16.9 Å². The number of nitrogens with zero attached hydrogens (tertiary/aromatic N) is 4. The number of nitrogens with one attached hydrogen (secondary N) is 1. The van der Waals surface area contributed by atoms with Crippen LogP contribution in [0.1, 0.15) is 32.4 Å². The highest BCUT2D eigenvalue weighted by Crippen LogP contribution is 2.42. The zero-order chi connectivity index (χ0) is 17.4. The molecule has 0 spiro atoms. The number of fused-ring (bicyclic) bond motifs is 1. The average Bonchev–Trinajstić information content (AvgIpc) is 3.18. The molecular formula is C16H15N5O3S. The molecule has 1 aliphatic heterocycles. The molecule has 3 aromatic rings. The van der Waals surface area contributed by atoms with Crippen molar-refractivity contribution >= 4 is 22.2 Å². The van der Waals surface area contributed by atoms with Crippen LogP contribution < -0.4 is 5.32 Å². The van der Waals surface area contributed by atoms with Gasteiger partial charge >= 0.3 is 0 Å². The molecule has 3 aromatic heterocycles. The van der Waals surface area contributed by atoms with Crippen LogP contribution >= 0.6 is 11.3 Å². The Balaban J connectivity index is 1.72. The summed E-state index contributed by atoms with van der Waals surface area (Å²) in [6.07, 6.45) is 3.76. The Morgan fingerprint density at radius 2 is 2.16 bits per heavy atom. The summed E-state index contributed by atoms with van der Waals surface area (Å²) in [7, 11) is 0. The lowest BCUT2D eigenvalue weighted by Gasteiger charge is -2.12. The van der Waals surface area contributed by atoms with Crippen molar-refractivity contribution in [2.24, 2.45) is 0 Å². The lowest BCUT2D eigenvalue weighted by molar-refractivity contribution is 0.102. The highest BCUT2D eigenvalue weighted by atomic mass is 32.1. The largest absolute Gasteiger partial charge is 0.376 e. The van der Waals surface area contributed by atoms with E-state index in [2.05, 4.69) is 25.4 Å². The van der Waals surface area contributed by atoms with Gasteiger partial charge < -0.3 is 14.6 Å². The van der Waals surface area contributed by atoms with Gasteiger partial charge in [0.1, 0.15) is 10.7 Å². The van der Waals surface area contributed by atoms with Crippen molar-refractivity contribution in [3.8, 4) is 11.5 Å². The molecule has 9 heteroatoms. The van der Waals surface area contributed by atoms with E-state index in [1.54, 1.807) is 13.1 Å². The average molecular weight is 357 g/mol. The fraction of sp³-hybridized carbons (Fsp3) is 0.312. The van der Waals surface area contributed by atoms with Crippen molar-refractivity contribution in [3.63, 3.8) is 0 Å². The molecule has 1 aliphatic rings. The number of aryl methyl sites for hydroxylation is 2. The van der Waals surface area contributed by atoms with Crippen LogP contribution in [0.25, 0.3) is 11.5 Å². The standard InChI is InChI=1S/C16H15N5O3S/c1-8-5-18-11(6-17-8)14(22)20-16-13(15-19-9(2)21-24-15)10-3-4-23-7-12(10)25-16/h5-6H,3-4,7H2,1-2H3,(H,20,22). The van der Waals surface area contributed by atoms with Crippen LogP contribution in [0.5, 0.6) is 0 Å². The minimum Gasteiger partial charge on any atom is -0.376 e. The summed E-state index contributed by atoms with van der Waals surface area (Å²) in [6.45, 7) is 4.72. The first-order chi connectivity index (χ1) is 12.1. The fourth-order valence-electron chi connectivity index (χ4n) is 2.62. The monoisotopic (exact) mass is 357 g/mol. The second kappa shape index (κ2) is 6.34. The van der Waals surface area contributed by atoms with E-state index in [0.29, 0.717) is 29.9 Å². The summed E-state index contributed by atoms with van der Waals surface area (Å²) in [6, 6.07) is 0. The van der Waals surface area contributed by atoms with Crippen molar-refractivity contribution in [2.75, 3.05) is 11.9 Å². The number of ether oxygens (including phenoxy) is 1. The Kier molecular flexibility index (Phi) is 4.02. The van der Waals surface area contributed by atoms with E-state index < -0.39 is 0 Å². The van der Waals surface area contributed by atoms with E-state index >= 15 is 0 Å². The molecule has 25 heavy (non-hydrogen) atoms. The molecular weight excluding hydrogens is 342 g/mol. The van der Waals surface area contributed by atoms with Gasteiger partial charge in [-0.05, 0) is 25.8 Å². The zero-order valence-corrected chi connectivity index (χ0v) is 14.5. The molecule has 0 aliphatic carbocycles. The molecule has 0 unspecified atom stereocenters. The van der Waals surface area contributed by atoms with E-state index in [9.17, 15) is 4.79 Å². The Morgan fingerprint density at radius 3 is 2.88 bits per heavy atom. The van der Waals surface area contributed by atoms with Crippen LogP contribution in [0, 0.1) is 13.8 Å². The molecule has 0 fully saturated rings. The van der Waals surface area contributed by atoms with Gasteiger partial charge in [-0.2, -0.15) is 4.98 Å². The first-order valence-electron chi connectivity index (χ1n) is 7.75. The highest BCUT2D eigenvalue weighted by Gasteiger charge is 2.27. The molecule has 1 amide bonds. The maximum atomic E-state index is 12.5. The molecule has 4 rings (SSSR count). The Labute approximate surface area is 147 Å². The lowest BCUT2D eigenvalue weighted by atomic mass is 10.1. The van der Waals surface area contributed by atoms with E-state index in [4.69, 9.17) is 9.26 Å². The number of carbonyl (C=O) groups excluding carboxylic acids is 1. The maximum absolute atomic E-state index is 12.5. The predicted octanol–water partition coefficient (Wildman–Crippen LogP) is 2.53. The third-order valence-electron chi connectivity index (χ3n) is 3.80. The smallest absolute Gasteiger partial charge is 0.276 e. The Bertz CT molecular complexity index is 932. The van der Waals surface area contributed by atoms with Gasteiger partial charge in [0, 0.05) is 11.1 Å². The second-order valence-electron chi connectivity index (χ2n) is 5.65. The Hall–Kier alpha value is -2.65. The molecule has 4 heterocycles. The quantitative estimate of drug-likeness (QED) is 0.768. The van der Waals surface area contributed by atoms with Gasteiger partial charge in [0.2, 0.25) is 0 Å². The number of carbonyl (C=O) groups is 1. The van der Waals surface area contributed by atoms with Crippen LogP contribution in [-0.2, 0) is 17.8 Å². The Morgan fingerprint density at radius 1 is 1.28 bits per heavy atom. The second-order valence-corrected chi connectivity index (χ2v) is 6.76. The number of hydrogen-bond acceptors (Lipinski definition) is 8. The molecule has 1 N–H and O–H groups in total. The molecule has 0 radical (unpaired) electrons. The van der Waals surface area contributed by atoms with Gasteiger partial charge in [-0.25, -0.2) is 4.98 Å². The van der Waals surface area contributed by atoms with Crippen molar-refractivity contribution in [1.82, 2.24) is 20.1 Å². The third kappa shape index (κ3) is 3.03. The minimum atomic E-state index is -0.329. The summed E-state index contributed by atoms with van der Waals surface area (Å²) in [5.74, 6) is 0.621. The highest BCUT2D eigenvalue weighted by molar-refractivity contribution is 7.17. The minimum absolute atomic E-state index is 0.251. The molecule has 0 saturated heterocycles. The number of aromatic nitrogens is 4. The summed E-state index contributed by atoms with van der Waals surface area (Å²) < 4.78 is 10.9. The van der Waals surface area contributed by atoms with Crippen molar-refractivity contribution < 1.29 is 14.1 Å². The molecule has 0 saturated carbocycles. The SMILES string of the molecule is Cc1cnc(C(=O)Nc2sc3c(c2-c2nc(C)no2)CCOC3)cn1. The third-order valence-corrected chi connectivity index (χ3v) is 4.92. The molecule has 128 valence electrons. The van der Waals surface area contributed by atoms with Crippen molar-refractivity contribution in [3.05, 3.63) is 40.0 Å². The van der Waals surface area contributed by atoms with Crippen molar-refractivity contribution in [1.29, 1.82) is 0 Å². The number of hydrogen-bond donors (Lipinski definition) is 1. The van der Waals surface area contributed by atoms with Gasteiger partial charge in [0.25, 0.3) is 11.8 Å². The van der Waals surface area contributed by atoms with E-state index in [0.717, 1.165) is 28.1 Å². The van der Waals surface area contributed by atoms with Gasteiger partial charge in [-0.15, -0.1) is 11.3 Å². The number of rotatable bonds is 3. The van der Waals surface area contributed by atoms with Gasteiger partial charge in [-0.3, -0.25) is 9.78 Å². The topological polar surface area (TPSA) is 103 Å². The van der Waals surface area contributed by atoms with Gasteiger partial charge in [-0.1, -0.05) is 5.16 Å². The first-order valence-corrected chi connectivity index (χ1v) is 8.56. The number of thiophene rings is 1. The van der Waals surface area contributed by atoms with Gasteiger partial charge in [0.15, 0.2) is 5.82 Å². The van der Waals surface area contributed by atoms with E-state index in [-0.39, 0.29) is 11.6 Å². The fourth-order valence-corrected chi connectivity index (χ4v) is 3.79. The van der Waals surface area contributed by atoms with Crippen molar-refractivity contribution in [2.45, 2.75) is 26.9 Å². The molecule has 8 nitrogen and oxygen atoms in total. The van der Waals surface area contributed by atoms with Crippen LogP contribution in [0.3, 0.4) is 0 Å². The van der Waals surface area contributed by atoms with Crippen LogP contribution in [0.2, 0.25) is 0 Å². The number of amides is 1. The van der Waals surface area contributed by atoms with E-state index in [1.165, 1.54) is 17.5 Å². The molecule has 0 bridgehead atoms.